The number of amides is 1. The molecule has 176 valence electrons. The fraction of sp³-hybridized carbons (Fsp3) is 0.310. The summed E-state index contributed by atoms with van der Waals surface area (Å²) >= 11 is 0. The molecule has 0 bridgehead atoms. The van der Waals surface area contributed by atoms with Crippen molar-refractivity contribution in [2.24, 2.45) is 5.92 Å². The first-order valence-corrected chi connectivity index (χ1v) is 11.6. The lowest BCUT2D eigenvalue weighted by molar-refractivity contribution is -0.141. The summed E-state index contributed by atoms with van der Waals surface area (Å²) in [6, 6.07) is 24.3. The van der Waals surface area contributed by atoms with Crippen molar-refractivity contribution < 1.29 is 19.4 Å². The average molecular weight is 458 g/mol. The highest BCUT2D eigenvalue weighted by Crippen LogP contribution is 2.44. The fourth-order valence-corrected chi connectivity index (χ4v) is 4.53. The molecule has 4 rings (SSSR count). The Morgan fingerprint density at radius 1 is 0.912 bits per heavy atom. The number of ether oxygens (including phenoxy) is 1. The number of aliphatic carboxylic acids is 1. The van der Waals surface area contributed by atoms with Gasteiger partial charge < -0.3 is 15.2 Å². The minimum Gasteiger partial charge on any atom is -0.481 e. The smallest absolute Gasteiger partial charge is 0.407 e. The number of carbonyl (C=O) groups excluding carboxylic acids is 1. The molecule has 2 N–H and O–H groups in total. The second-order valence-electron chi connectivity index (χ2n) is 9.89. The molecule has 0 unspecified atom stereocenters. The predicted molar refractivity (Wildman–Crippen MR) is 133 cm³/mol. The molecule has 0 radical (unpaired) electrons. The summed E-state index contributed by atoms with van der Waals surface area (Å²) in [6.45, 7) is 6.62. The van der Waals surface area contributed by atoms with Crippen LogP contribution < -0.4 is 5.32 Å². The fourth-order valence-electron chi connectivity index (χ4n) is 4.53. The van der Waals surface area contributed by atoms with Crippen molar-refractivity contribution >= 4 is 12.1 Å². The van der Waals surface area contributed by atoms with E-state index in [0.29, 0.717) is 6.42 Å². The summed E-state index contributed by atoms with van der Waals surface area (Å²) in [4.78, 5) is 24.2. The first kappa shape index (κ1) is 23.6. The van der Waals surface area contributed by atoms with Gasteiger partial charge in [0.1, 0.15) is 6.61 Å². The average Bonchev–Trinajstić information content (AvgIpc) is 3.13. The maximum absolute atomic E-state index is 12.4. The van der Waals surface area contributed by atoms with Crippen LogP contribution in [0.2, 0.25) is 0 Å². The number of benzene rings is 3. The summed E-state index contributed by atoms with van der Waals surface area (Å²) < 4.78 is 5.53. The van der Waals surface area contributed by atoms with Gasteiger partial charge in [0, 0.05) is 12.5 Å². The van der Waals surface area contributed by atoms with Crippen molar-refractivity contribution in [2.75, 3.05) is 13.2 Å². The number of fused-ring (bicyclic) bond motifs is 3. The van der Waals surface area contributed by atoms with Gasteiger partial charge in [0.2, 0.25) is 0 Å². The number of rotatable bonds is 7. The van der Waals surface area contributed by atoms with Crippen LogP contribution in [0.15, 0.2) is 72.8 Å². The lowest BCUT2D eigenvalue weighted by Crippen LogP contribution is -2.35. The Morgan fingerprint density at radius 3 is 2.00 bits per heavy atom. The van der Waals surface area contributed by atoms with Gasteiger partial charge in [-0.25, -0.2) is 4.79 Å². The minimum absolute atomic E-state index is 0.00697. The lowest BCUT2D eigenvalue weighted by Gasteiger charge is -2.20. The molecule has 1 atom stereocenters. The van der Waals surface area contributed by atoms with Crippen molar-refractivity contribution in [1.29, 1.82) is 0 Å². The van der Waals surface area contributed by atoms with E-state index in [9.17, 15) is 14.7 Å². The first-order valence-electron chi connectivity index (χ1n) is 11.6. The summed E-state index contributed by atoms with van der Waals surface area (Å²) in [5, 5.41) is 12.3. The molecular formula is C29H31NO4. The largest absolute Gasteiger partial charge is 0.481 e. The van der Waals surface area contributed by atoms with Crippen molar-refractivity contribution in [3.8, 4) is 11.1 Å². The second-order valence-corrected chi connectivity index (χ2v) is 9.89. The van der Waals surface area contributed by atoms with Gasteiger partial charge in [0.25, 0.3) is 0 Å². The molecule has 34 heavy (non-hydrogen) atoms. The maximum atomic E-state index is 12.4. The van der Waals surface area contributed by atoms with Crippen molar-refractivity contribution in [1.82, 2.24) is 5.32 Å². The zero-order valence-corrected chi connectivity index (χ0v) is 19.9. The third-order valence-corrected chi connectivity index (χ3v) is 6.49. The zero-order chi connectivity index (χ0) is 24.3. The van der Waals surface area contributed by atoms with Crippen LogP contribution in [0.5, 0.6) is 0 Å². The molecule has 0 aliphatic heterocycles. The molecule has 0 heterocycles. The van der Waals surface area contributed by atoms with Crippen molar-refractivity contribution in [3.05, 3.63) is 95.1 Å². The second kappa shape index (κ2) is 9.72. The third-order valence-electron chi connectivity index (χ3n) is 6.49. The topological polar surface area (TPSA) is 75.6 Å². The number of alkyl carbamates (subject to hydrolysis) is 1. The molecule has 3 aromatic carbocycles. The van der Waals surface area contributed by atoms with Gasteiger partial charge in [-0.05, 0) is 45.2 Å². The highest BCUT2D eigenvalue weighted by molar-refractivity contribution is 5.79. The molecular weight excluding hydrogens is 426 g/mol. The zero-order valence-electron chi connectivity index (χ0n) is 19.9. The van der Waals surface area contributed by atoms with Crippen molar-refractivity contribution in [2.45, 2.75) is 38.5 Å². The van der Waals surface area contributed by atoms with Crippen LogP contribution in [0.3, 0.4) is 0 Å². The SMILES string of the molecule is CC(C)(C)c1ccc(C[C@@H](CNC(=O)OCC2c3ccccc3-c3ccccc32)C(=O)O)cc1. The Kier molecular flexibility index (Phi) is 6.73. The van der Waals surface area contributed by atoms with E-state index in [1.807, 2.05) is 48.5 Å². The Labute approximate surface area is 200 Å². The van der Waals surface area contributed by atoms with Crippen LogP contribution in [0.25, 0.3) is 11.1 Å². The summed E-state index contributed by atoms with van der Waals surface area (Å²) in [7, 11) is 0. The quantitative estimate of drug-likeness (QED) is 0.473. The van der Waals surface area contributed by atoms with Gasteiger partial charge >= 0.3 is 12.1 Å². The highest BCUT2D eigenvalue weighted by Gasteiger charge is 2.29. The normalized spacial score (nSPS) is 13.6. The van der Waals surface area contributed by atoms with E-state index in [1.165, 1.54) is 5.56 Å². The monoisotopic (exact) mass is 457 g/mol. The number of carboxylic acids is 1. The Bertz CT molecular complexity index is 1130. The molecule has 0 aromatic heterocycles. The molecule has 0 saturated heterocycles. The van der Waals surface area contributed by atoms with Gasteiger partial charge in [-0.2, -0.15) is 0 Å². The number of carbonyl (C=O) groups is 2. The van der Waals surface area contributed by atoms with Crippen LogP contribution in [0.4, 0.5) is 4.79 Å². The van der Waals surface area contributed by atoms with Crippen molar-refractivity contribution in [3.63, 3.8) is 0 Å². The summed E-state index contributed by atoms with van der Waals surface area (Å²) in [6.07, 6.45) is -0.264. The highest BCUT2D eigenvalue weighted by atomic mass is 16.5. The lowest BCUT2D eigenvalue weighted by atomic mass is 9.86. The molecule has 1 amide bonds. The van der Waals surface area contributed by atoms with Crippen LogP contribution in [0.1, 0.15) is 48.9 Å². The predicted octanol–water partition coefficient (Wildman–Crippen LogP) is 5.77. The van der Waals surface area contributed by atoms with E-state index in [4.69, 9.17) is 4.74 Å². The third kappa shape index (κ3) is 5.14. The first-order chi connectivity index (χ1) is 16.2. The molecule has 1 aliphatic rings. The summed E-state index contributed by atoms with van der Waals surface area (Å²) in [5.41, 5.74) is 6.76. The van der Waals surface area contributed by atoms with E-state index < -0.39 is 18.0 Å². The minimum atomic E-state index is -0.946. The molecule has 0 saturated carbocycles. The van der Waals surface area contributed by atoms with Crippen LogP contribution in [0, 0.1) is 5.92 Å². The number of hydrogen-bond acceptors (Lipinski definition) is 3. The van der Waals surface area contributed by atoms with Crippen LogP contribution >= 0.6 is 0 Å². The van der Waals surface area contributed by atoms with Gasteiger partial charge in [-0.1, -0.05) is 93.6 Å². The van der Waals surface area contributed by atoms with E-state index in [0.717, 1.165) is 27.8 Å². The number of nitrogens with one attached hydrogen (secondary N) is 1. The molecule has 1 aliphatic carbocycles. The molecule has 5 nitrogen and oxygen atoms in total. The molecule has 0 fully saturated rings. The van der Waals surface area contributed by atoms with E-state index >= 15 is 0 Å². The van der Waals surface area contributed by atoms with Gasteiger partial charge in [-0.15, -0.1) is 0 Å². The summed E-state index contributed by atoms with van der Waals surface area (Å²) in [5.74, 6) is -1.71. The van der Waals surface area contributed by atoms with E-state index in [2.05, 4.69) is 50.4 Å². The molecule has 0 spiro atoms. The van der Waals surface area contributed by atoms with Gasteiger partial charge in [0.05, 0.1) is 5.92 Å². The molecule has 5 heteroatoms. The Hall–Kier alpha value is -3.60. The molecule has 3 aromatic rings. The van der Waals surface area contributed by atoms with E-state index in [-0.39, 0.29) is 24.5 Å². The Morgan fingerprint density at radius 2 is 1.47 bits per heavy atom. The van der Waals surface area contributed by atoms with Crippen LogP contribution in [-0.2, 0) is 21.4 Å². The van der Waals surface area contributed by atoms with Gasteiger partial charge in [0.15, 0.2) is 0 Å². The standard InChI is InChI=1S/C29H31NO4/c1-29(2,3)21-14-12-19(13-15-21)16-20(27(31)32)17-30-28(33)34-18-26-24-10-6-4-8-22(24)23-9-5-7-11-25(23)26/h4-15,20,26H,16-18H2,1-3H3,(H,30,33)(H,31,32)/t20-/m0/s1. The van der Waals surface area contributed by atoms with Crippen LogP contribution in [-0.4, -0.2) is 30.3 Å². The number of carboxylic acid groups (broad SMARTS) is 1. The van der Waals surface area contributed by atoms with E-state index in [1.54, 1.807) is 0 Å². The Balaban J connectivity index is 1.34. The van der Waals surface area contributed by atoms with Gasteiger partial charge in [-0.3, -0.25) is 4.79 Å². The maximum Gasteiger partial charge on any atom is 0.407 e. The number of hydrogen-bond donors (Lipinski definition) is 2.